The van der Waals surface area contributed by atoms with Crippen LogP contribution in [0.25, 0.3) is 0 Å². The number of rotatable bonds is 9. The van der Waals surface area contributed by atoms with E-state index in [1.807, 2.05) is 0 Å². The molecule has 7 heteroatoms. The van der Waals surface area contributed by atoms with E-state index >= 15 is 0 Å². The van der Waals surface area contributed by atoms with Crippen molar-refractivity contribution in [1.29, 1.82) is 0 Å². The molecule has 0 spiro atoms. The number of carbonyl (C=O) groups excluding carboxylic acids is 1. The molecule has 0 fully saturated rings. The van der Waals surface area contributed by atoms with Crippen LogP contribution in [0.5, 0.6) is 0 Å². The van der Waals surface area contributed by atoms with E-state index in [4.69, 9.17) is 9.84 Å². The lowest BCUT2D eigenvalue weighted by Gasteiger charge is -2.14. The molecule has 2 N–H and O–H groups in total. The number of ether oxygens (including phenoxy) is 1. The Morgan fingerprint density at radius 3 is 2.86 bits per heavy atom. The highest BCUT2D eigenvalue weighted by Gasteiger charge is 2.20. The molecule has 0 saturated heterocycles. The summed E-state index contributed by atoms with van der Waals surface area (Å²) >= 11 is 3.27. The van der Waals surface area contributed by atoms with Gasteiger partial charge in [0.25, 0.3) is 0 Å². The molecule has 22 heavy (non-hydrogen) atoms. The van der Waals surface area contributed by atoms with Gasteiger partial charge in [-0.05, 0) is 30.2 Å². The Morgan fingerprint density at radius 2 is 2.23 bits per heavy atom. The fourth-order valence-corrected chi connectivity index (χ4v) is 2.14. The van der Waals surface area contributed by atoms with Crippen molar-refractivity contribution in [3.8, 4) is 0 Å². The van der Waals surface area contributed by atoms with E-state index in [1.165, 1.54) is 18.2 Å². The number of carbonyl (C=O) groups is 2. The Hall–Kier alpha value is -1.73. The highest BCUT2D eigenvalue weighted by atomic mass is 79.9. The van der Waals surface area contributed by atoms with Crippen LogP contribution in [0.3, 0.4) is 0 Å². The van der Waals surface area contributed by atoms with Crippen molar-refractivity contribution in [1.82, 2.24) is 5.32 Å². The number of halogens is 2. The summed E-state index contributed by atoms with van der Waals surface area (Å²) in [6.45, 7) is 3.51. The first-order valence-electron chi connectivity index (χ1n) is 6.58. The molecule has 0 radical (unpaired) electrons. The molecule has 0 aliphatic carbocycles. The zero-order valence-electron chi connectivity index (χ0n) is 11.9. The van der Waals surface area contributed by atoms with Crippen molar-refractivity contribution >= 4 is 27.8 Å². The van der Waals surface area contributed by atoms with Crippen LogP contribution in [0.1, 0.15) is 12.0 Å². The third-order valence-corrected chi connectivity index (χ3v) is 3.56. The molecule has 1 unspecified atom stereocenters. The lowest BCUT2D eigenvalue weighted by atomic mass is 10.1. The maximum atomic E-state index is 13.1. The van der Waals surface area contributed by atoms with Gasteiger partial charge in [0.15, 0.2) is 6.04 Å². The summed E-state index contributed by atoms with van der Waals surface area (Å²) in [4.78, 5) is 22.8. The number of aliphatic carboxylic acids is 1. The van der Waals surface area contributed by atoms with E-state index in [2.05, 4.69) is 27.8 Å². The lowest BCUT2D eigenvalue weighted by Crippen LogP contribution is -2.44. The molecule has 5 nitrogen and oxygen atoms in total. The molecule has 0 heterocycles. The second-order valence-corrected chi connectivity index (χ2v) is 5.37. The third kappa shape index (κ3) is 6.36. The summed E-state index contributed by atoms with van der Waals surface area (Å²) in [5.74, 6) is -2.00. The van der Waals surface area contributed by atoms with E-state index in [0.717, 1.165) is 0 Å². The van der Waals surface area contributed by atoms with Crippen LogP contribution < -0.4 is 5.32 Å². The number of benzene rings is 1. The zero-order valence-corrected chi connectivity index (χ0v) is 13.4. The Bertz CT molecular complexity index is 550. The van der Waals surface area contributed by atoms with Gasteiger partial charge in [-0.25, -0.2) is 9.18 Å². The lowest BCUT2D eigenvalue weighted by molar-refractivity contribution is -0.143. The molecular weight excluding hydrogens is 357 g/mol. The van der Waals surface area contributed by atoms with Gasteiger partial charge in [0.2, 0.25) is 5.91 Å². The van der Waals surface area contributed by atoms with E-state index in [1.54, 1.807) is 6.07 Å². The van der Waals surface area contributed by atoms with Crippen LogP contribution in [0.15, 0.2) is 35.3 Å². The second-order valence-electron chi connectivity index (χ2n) is 4.52. The number of hydrogen-bond donors (Lipinski definition) is 2. The molecule has 120 valence electrons. The van der Waals surface area contributed by atoms with Crippen LogP contribution in [-0.4, -0.2) is 36.2 Å². The van der Waals surface area contributed by atoms with E-state index < -0.39 is 17.9 Å². The number of hydrogen-bond acceptors (Lipinski definition) is 3. The van der Waals surface area contributed by atoms with Crippen LogP contribution in [0.4, 0.5) is 4.39 Å². The van der Waals surface area contributed by atoms with Crippen LogP contribution in [0, 0.1) is 5.82 Å². The topological polar surface area (TPSA) is 75.6 Å². The van der Waals surface area contributed by atoms with Crippen molar-refractivity contribution in [3.63, 3.8) is 0 Å². The van der Waals surface area contributed by atoms with Crippen molar-refractivity contribution in [3.05, 3.63) is 46.7 Å². The molecule has 1 amide bonds. The maximum Gasteiger partial charge on any atom is 0.328 e. The van der Waals surface area contributed by atoms with Gasteiger partial charge in [0, 0.05) is 10.9 Å². The Kier molecular flexibility index (Phi) is 7.76. The first-order valence-corrected chi connectivity index (χ1v) is 7.38. The Balaban J connectivity index is 2.51. The number of carboxylic acids is 1. The summed E-state index contributed by atoms with van der Waals surface area (Å²) in [6, 6.07) is 3.08. The predicted octanol–water partition coefficient (Wildman–Crippen LogP) is 2.29. The highest BCUT2D eigenvalue weighted by Crippen LogP contribution is 2.19. The monoisotopic (exact) mass is 373 g/mol. The molecule has 1 rings (SSSR count). The number of carboxylic acid groups (broad SMARTS) is 1. The minimum absolute atomic E-state index is 0.0489. The van der Waals surface area contributed by atoms with Crippen molar-refractivity contribution in [2.45, 2.75) is 18.9 Å². The first kappa shape index (κ1) is 18.3. The summed E-state index contributed by atoms with van der Waals surface area (Å²) in [5.41, 5.74) is 0.643. The van der Waals surface area contributed by atoms with Gasteiger partial charge in [-0.1, -0.05) is 22.0 Å². The minimum atomic E-state index is -1.18. The van der Waals surface area contributed by atoms with Crippen molar-refractivity contribution in [2.75, 3.05) is 13.2 Å². The fourth-order valence-electron chi connectivity index (χ4n) is 1.69. The fraction of sp³-hybridized carbons (Fsp3) is 0.333. The van der Waals surface area contributed by atoms with Gasteiger partial charge in [-0.15, -0.1) is 6.58 Å². The summed E-state index contributed by atoms with van der Waals surface area (Å²) in [6.07, 6.45) is 1.83. The maximum absolute atomic E-state index is 13.1. The largest absolute Gasteiger partial charge is 0.480 e. The average molecular weight is 374 g/mol. The second kappa shape index (κ2) is 9.32. The van der Waals surface area contributed by atoms with Gasteiger partial charge in [-0.3, -0.25) is 4.79 Å². The SMILES string of the molecule is C=CCOCC(NC(=O)CCc1cc(F)ccc1Br)C(=O)O. The molecule has 1 aromatic rings. The van der Waals surface area contributed by atoms with E-state index in [0.29, 0.717) is 16.5 Å². The predicted molar refractivity (Wildman–Crippen MR) is 83.0 cm³/mol. The van der Waals surface area contributed by atoms with Gasteiger partial charge in [0.05, 0.1) is 13.2 Å². The molecule has 0 saturated carbocycles. The molecule has 0 bridgehead atoms. The molecule has 1 atom stereocenters. The Labute approximate surface area is 136 Å². The normalized spacial score (nSPS) is 11.7. The van der Waals surface area contributed by atoms with Gasteiger partial charge in [-0.2, -0.15) is 0 Å². The summed E-state index contributed by atoms with van der Waals surface area (Å²) < 4.78 is 18.9. The van der Waals surface area contributed by atoms with Crippen LogP contribution >= 0.6 is 15.9 Å². The van der Waals surface area contributed by atoms with E-state index in [-0.39, 0.29) is 25.5 Å². The average Bonchev–Trinajstić information content (AvgIpc) is 2.47. The van der Waals surface area contributed by atoms with Gasteiger partial charge < -0.3 is 15.2 Å². The highest BCUT2D eigenvalue weighted by molar-refractivity contribution is 9.10. The molecular formula is C15H17BrFNO4. The van der Waals surface area contributed by atoms with Gasteiger partial charge in [0.1, 0.15) is 5.82 Å². The molecule has 0 aliphatic rings. The minimum Gasteiger partial charge on any atom is -0.480 e. The van der Waals surface area contributed by atoms with Gasteiger partial charge >= 0.3 is 5.97 Å². The molecule has 0 aliphatic heterocycles. The quantitative estimate of drug-likeness (QED) is 0.514. The molecule has 1 aromatic carbocycles. The summed E-state index contributed by atoms with van der Waals surface area (Å²) in [7, 11) is 0. The first-order chi connectivity index (χ1) is 10.4. The number of aryl methyl sites for hydroxylation is 1. The zero-order chi connectivity index (χ0) is 16.5. The van der Waals surface area contributed by atoms with Crippen LogP contribution in [-0.2, 0) is 20.7 Å². The Morgan fingerprint density at radius 1 is 1.50 bits per heavy atom. The number of amides is 1. The third-order valence-electron chi connectivity index (χ3n) is 2.78. The number of nitrogens with one attached hydrogen (secondary N) is 1. The van der Waals surface area contributed by atoms with E-state index in [9.17, 15) is 14.0 Å². The standard InChI is InChI=1S/C15H17BrFNO4/c1-2-7-22-9-13(15(20)21)18-14(19)6-3-10-8-11(17)4-5-12(10)16/h2,4-5,8,13H,1,3,6-7,9H2,(H,18,19)(H,20,21). The van der Waals surface area contributed by atoms with Crippen LogP contribution in [0.2, 0.25) is 0 Å². The molecule has 0 aromatic heterocycles. The smallest absolute Gasteiger partial charge is 0.328 e. The van der Waals surface area contributed by atoms with Crippen molar-refractivity contribution < 1.29 is 23.8 Å². The summed E-state index contributed by atoms with van der Waals surface area (Å²) in [5, 5.41) is 11.4. The van der Waals surface area contributed by atoms with Crippen molar-refractivity contribution in [2.24, 2.45) is 0 Å².